The van der Waals surface area contributed by atoms with Crippen molar-refractivity contribution in [2.75, 3.05) is 26.4 Å². The molecule has 0 aromatic rings. The van der Waals surface area contributed by atoms with Crippen LogP contribution in [0.4, 0.5) is 0 Å². The maximum atomic E-state index is 12.1. The van der Waals surface area contributed by atoms with Crippen molar-refractivity contribution in [3.05, 3.63) is 0 Å². The number of nitrogens with one attached hydrogen (secondary N) is 1. The van der Waals surface area contributed by atoms with Crippen molar-refractivity contribution in [3.63, 3.8) is 0 Å². The molecule has 0 spiro atoms. The zero-order chi connectivity index (χ0) is 26.5. The Morgan fingerprint density at radius 3 is 2.36 bits per heavy atom. The van der Waals surface area contributed by atoms with Crippen LogP contribution >= 0.6 is 0 Å². The Morgan fingerprint density at radius 1 is 1.19 bits per heavy atom. The van der Waals surface area contributed by atoms with E-state index in [1.54, 1.807) is 0 Å². The topological polar surface area (TPSA) is 274 Å². The predicted octanol–water partition coefficient (Wildman–Crippen LogP) is -10.4. The number of carbonyl (C=O) groups excluding carboxylic acids is 2. The van der Waals surface area contributed by atoms with Gasteiger partial charge in [0.1, 0.15) is 48.7 Å². The van der Waals surface area contributed by atoms with Crippen molar-refractivity contribution in [1.82, 2.24) is 5.32 Å². The second kappa shape index (κ2) is 14.6. The summed E-state index contributed by atoms with van der Waals surface area (Å²) in [6, 6.07) is -1.41. The van der Waals surface area contributed by atoms with Gasteiger partial charge in [-0.3, -0.25) is 4.79 Å². The van der Waals surface area contributed by atoms with Gasteiger partial charge in [-0.15, -0.1) is 0 Å². The van der Waals surface area contributed by atoms with E-state index in [-0.39, 0.29) is 42.7 Å². The Kier molecular flexibility index (Phi) is 13.6. The van der Waals surface area contributed by atoms with E-state index in [2.05, 4.69) is 5.32 Å². The summed E-state index contributed by atoms with van der Waals surface area (Å²) < 4.78 is 21.2. The summed E-state index contributed by atoms with van der Waals surface area (Å²) in [7, 11) is 0. The third kappa shape index (κ3) is 7.75. The summed E-state index contributed by atoms with van der Waals surface area (Å²) in [6.07, 6.45) is -16.3. The smallest absolute Gasteiger partial charge is 0.544 e. The van der Waals surface area contributed by atoms with Crippen molar-refractivity contribution in [2.24, 2.45) is 5.73 Å². The largest absolute Gasteiger partial charge is 1.00 e. The Balaban J connectivity index is 0.00000648. The summed E-state index contributed by atoms with van der Waals surface area (Å²) in [5, 5.41) is 84.6. The van der Waals surface area contributed by atoms with Gasteiger partial charge < -0.3 is 75.6 Å². The Morgan fingerprint density at radius 2 is 1.83 bits per heavy atom. The van der Waals surface area contributed by atoms with Crippen LogP contribution in [0.1, 0.15) is 13.3 Å². The molecular formula is C19H33N2NaO14. The number of nitrogens with two attached hydrogens (primary N) is 1. The molecule has 36 heavy (non-hydrogen) atoms. The van der Waals surface area contributed by atoms with Crippen LogP contribution in [-0.2, 0) is 28.5 Å². The van der Waals surface area contributed by atoms with Crippen LogP contribution in [0.2, 0.25) is 0 Å². The zero-order valence-corrected chi connectivity index (χ0v) is 21.9. The van der Waals surface area contributed by atoms with Gasteiger partial charge in [-0.05, 0) is 0 Å². The predicted molar refractivity (Wildman–Crippen MR) is 108 cm³/mol. The fraction of sp³-hybridized carbons (Fsp3) is 0.895. The molecule has 1 amide bonds. The molecule has 10 N–H and O–H groups in total. The molecular weight excluding hydrogens is 503 g/mol. The molecule has 17 heteroatoms. The van der Waals surface area contributed by atoms with Crippen molar-refractivity contribution in [1.29, 1.82) is 0 Å². The van der Waals surface area contributed by atoms with Gasteiger partial charge in [-0.1, -0.05) is 0 Å². The molecule has 0 aromatic heterocycles. The fourth-order valence-electron chi connectivity index (χ4n) is 3.86. The maximum Gasteiger partial charge on any atom is 1.00 e. The average Bonchev–Trinajstić information content (AvgIpc) is 2.81. The van der Waals surface area contributed by atoms with Crippen molar-refractivity contribution >= 4 is 11.9 Å². The molecule has 0 bridgehead atoms. The quantitative estimate of drug-likeness (QED) is 0.111. The van der Waals surface area contributed by atoms with E-state index in [1.165, 1.54) is 0 Å². The Hall–Kier alpha value is -0.540. The minimum Gasteiger partial charge on any atom is -0.544 e. The summed E-state index contributed by atoms with van der Waals surface area (Å²) in [5.41, 5.74) is 5.33. The molecule has 0 saturated carbocycles. The van der Waals surface area contributed by atoms with Crippen molar-refractivity contribution in [3.8, 4) is 0 Å². The first-order valence-electron chi connectivity index (χ1n) is 10.8. The molecule has 2 saturated heterocycles. The van der Waals surface area contributed by atoms with Crippen LogP contribution in [0.5, 0.6) is 0 Å². The molecule has 2 aliphatic heterocycles. The van der Waals surface area contributed by atoms with Gasteiger partial charge in [0.05, 0.1) is 32.0 Å². The first kappa shape index (κ1) is 33.5. The van der Waals surface area contributed by atoms with Crippen molar-refractivity contribution in [2.45, 2.75) is 80.3 Å². The number of aliphatic carboxylic acids is 1. The number of aliphatic hydroxyl groups excluding tert-OH is 7. The van der Waals surface area contributed by atoms with Crippen LogP contribution in [0.3, 0.4) is 0 Å². The molecule has 11 atom stereocenters. The van der Waals surface area contributed by atoms with E-state index >= 15 is 0 Å². The molecule has 16 nitrogen and oxygen atoms in total. The SMILES string of the molecule is CC(=O)NC1C(O)CC(OCC2OC(OCCN)C(O)C(O)C2O)(C(=O)[O-])OC1[C@@H](O)[C@@H](O)CO.[Na+]. The monoisotopic (exact) mass is 536 g/mol. The Bertz CT molecular complexity index is 722. The molecule has 2 aliphatic rings. The number of carboxylic acid groups (broad SMARTS) is 1. The Labute approximate surface area is 228 Å². The summed E-state index contributed by atoms with van der Waals surface area (Å²) >= 11 is 0. The second-order valence-corrected chi connectivity index (χ2v) is 8.35. The number of rotatable bonds is 11. The van der Waals surface area contributed by atoms with Gasteiger partial charge in [0.25, 0.3) is 0 Å². The van der Waals surface area contributed by atoms with Gasteiger partial charge in [-0.2, -0.15) is 0 Å². The van der Waals surface area contributed by atoms with Crippen LogP contribution in [0.25, 0.3) is 0 Å². The standard InChI is InChI=1S/C19H34N2O14.Na/c1-7(23)21-11-8(24)4-19(18(30)31,35-16(11)12(26)9(25)5-22)33-6-10-13(27)14(28)15(29)17(34-10)32-3-2-20;/h8-17,22,24-29H,2-6,20H2,1H3,(H,21,23)(H,30,31);/q;+1/p-1/t8?,9-,10?,11?,12-,13?,14?,15?,16?,17?,19?;/m0./s1. The summed E-state index contributed by atoms with van der Waals surface area (Å²) in [5.74, 6) is -5.48. The average molecular weight is 536 g/mol. The normalized spacial score (nSPS) is 38.5. The van der Waals surface area contributed by atoms with E-state index in [4.69, 9.17) is 29.8 Å². The number of ether oxygens (including phenoxy) is 4. The molecule has 9 unspecified atom stereocenters. The minimum atomic E-state index is -2.78. The van der Waals surface area contributed by atoms with Crippen LogP contribution in [0, 0.1) is 0 Å². The number of aliphatic hydroxyl groups is 7. The third-order valence-electron chi connectivity index (χ3n) is 5.72. The van der Waals surface area contributed by atoms with E-state index in [9.17, 15) is 45.3 Å². The van der Waals surface area contributed by atoms with E-state index in [1.807, 2.05) is 0 Å². The van der Waals surface area contributed by atoms with Crippen LogP contribution < -0.4 is 45.7 Å². The molecule has 0 radical (unpaired) electrons. The van der Waals surface area contributed by atoms with E-state index in [0.29, 0.717) is 0 Å². The summed E-state index contributed by atoms with van der Waals surface area (Å²) in [4.78, 5) is 23.6. The molecule has 2 fully saturated rings. The first-order valence-corrected chi connectivity index (χ1v) is 10.8. The number of hydrogen-bond donors (Lipinski definition) is 9. The fourth-order valence-corrected chi connectivity index (χ4v) is 3.86. The van der Waals surface area contributed by atoms with Gasteiger partial charge >= 0.3 is 29.6 Å². The van der Waals surface area contributed by atoms with Crippen LogP contribution in [-0.4, -0.2) is 141 Å². The minimum absolute atomic E-state index is 0. The summed E-state index contributed by atoms with van der Waals surface area (Å²) in [6.45, 7) is -0.710. The zero-order valence-electron chi connectivity index (χ0n) is 19.9. The van der Waals surface area contributed by atoms with Gasteiger partial charge in [0.2, 0.25) is 11.7 Å². The van der Waals surface area contributed by atoms with E-state index in [0.717, 1.165) is 6.92 Å². The van der Waals surface area contributed by atoms with Crippen molar-refractivity contribution < 1.29 is 98.9 Å². The molecule has 204 valence electrons. The third-order valence-corrected chi connectivity index (χ3v) is 5.72. The number of carboxylic acids is 1. The number of amides is 1. The molecule has 0 aliphatic carbocycles. The second-order valence-electron chi connectivity index (χ2n) is 8.35. The molecule has 2 heterocycles. The number of hydrogen-bond acceptors (Lipinski definition) is 15. The molecule has 2 rings (SSSR count). The van der Waals surface area contributed by atoms with Gasteiger partial charge in [0.15, 0.2) is 6.29 Å². The maximum absolute atomic E-state index is 12.1. The van der Waals surface area contributed by atoms with E-state index < -0.39 is 98.5 Å². The van der Waals surface area contributed by atoms with Crippen LogP contribution in [0.15, 0.2) is 0 Å². The van der Waals surface area contributed by atoms with Gasteiger partial charge in [-0.25, -0.2) is 0 Å². The first-order chi connectivity index (χ1) is 16.4. The molecule has 0 aromatic carbocycles. The number of carbonyl (C=O) groups is 2. The van der Waals surface area contributed by atoms with Gasteiger partial charge in [0, 0.05) is 19.9 Å².